The molecule has 18 heavy (non-hydrogen) atoms. The summed E-state index contributed by atoms with van der Waals surface area (Å²) in [6, 6.07) is 4.83. The van der Waals surface area contributed by atoms with Gasteiger partial charge in [0.15, 0.2) is 0 Å². The van der Waals surface area contributed by atoms with E-state index < -0.39 is 11.6 Å². The predicted octanol–water partition coefficient (Wildman–Crippen LogP) is 1.67. The summed E-state index contributed by atoms with van der Waals surface area (Å²) >= 11 is 11.7. The molecule has 6 nitrogen and oxygen atoms in total. The molecule has 0 radical (unpaired) electrons. The van der Waals surface area contributed by atoms with Crippen LogP contribution in [0.15, 0.2) is 23.0 Å². The molecule has 0 fully saturated rings. The Morgan fingerprint density at radius 1 is 1.44 bits per heavy atom. The Bertz CT molecular complexity index is 662. The molecular formula is C10H8Cl2N4O2. The van der Waals surface area contributed by atoms with Crippen molar-refractivity contribution in [1.29, 1.82) is 0 Å². The maximum Gasteiger partial charge on any atom is 0.343 e. The van der Waals surface area contributed by atoms with E-state index >= 15 is 0 Å². The van der Waals surface area contributed by atoms with Crippen molar-refractivity contribution in [3.05, 3.63) is 44.6 Å². The summed E-state index contributed by atoms with van der Waals surface area (Å²) in [7, 11) is 1.43. The number of carbonyl (C=O) groups excluding carboxylic acids is 1. The number of amides is 1. The molecule has 94 valence electrons. The molecule has 1 aromatic heterocycles. The minimum Gasteiger partial charge on any atom is -0.318 e. The van der Waals surface area contributed by atoms with Gasteiger partial charge in [-0.1, -0.05) is 29.3 Å². The standard InChI is InChI=1S/C10H8Cl2N4O2/c1-16-10(18)14-8(15-16)9(17)13-6-4-2-3-5(11)7(6)12/h2-4H,1H3,(H,13,17)(H,14,15,18). The van der Waals surface area contributed by atoms with Gasteiger partial charge in [-0.05, 0) is 12.1 Å². The average Bonchev–Trinajstić information content (AvgIpc) is 2.66. The van der Waals surface area contributed by atoms with Crippen LogP contribution in [0.4, 0.5) is 5.69 Å². The molecule has 8 heteroatoms. The fourth-order valence-electron chi connectivity index (χ4n) is 1.29. The number of hydrogen-bond donors (Lipinski definition) is 2. The lowest BCUT2D eigenvalue weighted by atomic mass is 10.3. The third-order valence-corrected chi connectivity index (χ3v) is 3.00. The Hall–Kier alpha value is -1.79. The van der Waals surface area contributed by atoms with Crippen molar-refractivity contribution in [2.75, 3.05) is 5.32 Å². The average molecular weight is 287 g/mol. The number of hydrogen-bond acceptors (Lipinski definition) is 3. The fourth-order valence-corrected chi connectivity index (χ4v) is 1.63. The second-order valence-electron chi connectivity index (χ2n) is 3.46. The number of aryl methyl sites for hydroxylation is 1. The van der Waals surface area contributed by atoms with Crippen molar-refractivity contribution in [3.63, 3.8) is 0 Å². The van der Waals surface area contributed by atoms with E-state index in [4.69, 9.17) is 23.2 Å². The lowest BCUT2D eigenvalue weighted by Crippen LogP contribution is -2.15. The summed E-state index contributed by atoms with van der Waals surface area (Å²) in [4.78, 5) is 25.2. The van der Waals surface area contributed by atoms with Gasteiger partial charge in [0.05, 0.1) is 15.7 Å². The number of nitrogens with zero attached hydrogens (tertiary/aromatic N) is 2. The van der Waals surface area contributed by atoms with Gasteiger partial charge >= 0.3 is 5.69 Å². The number of halogens is 2. The number of H-pyrrole nitrogens is 1. The maximum absolute atomic E-state index is 11.8. The zero-order valence-electron chi connectivity index (χ0n) is 9.20. The second-order valence-corrected chi connectivity index (χ2v) is 4.24. The van der Waals surface area contributed by atoms with Crippen molar-refractivity contribution in [3.8, 4) is 0 Å². The van der Waals surface area contributed by atoms with Gasteiger partial charge < -0.3 is 5.32 Å². The third-order valence-electron chi connectivity index (χ3n) is 2.18. The van der Waals surface area contributed by atoms with Gasteiger partial charge in [0.1, 0.15) is 0 Å². The van der Waals surface area contributed by atoms with E-state index in [1.54, 1.807) is 18.2 Å². The number of aromatic nitrogens is 3. The molecule has 0 aliphatic carbocycles. The molecule has 0 aliphatic heterocycles. The summed E-state index contributed by atoms with van der Waals surface area (Å²) in [5.74, 6) is -0.671. The van der Waals surface area contributed by atoms with Crippen LogP contribution in [-0.4, -0.2) is 20.7 Å². The number of rotatable bonds is 2. The number of benzene rings is 1. The molecule has 0 saturated carbocycles. The molecule has 0 bridgehead atoms. The molecule has 0 unspecified atom stereocenters. The van der Waals surface area contributed by atoms with E-state index in [-0.39, 0.29) is 10.8 Å². The van der Waals surface area contributed by atoms with Crippen LogP contribution in [0.25, 0.3) is 0 Å². The third kappa shape index (κ3) is 2.39. The highest BCUT2D eigenvalue weighted by Gasteiger charge is 2.14. The lowest BCUT2D eigenvalue weighted by Gasteiger charge is -2.05. The summed E-state index contributed by atoms with van der Waals surface area (Å²) < 4.78 is 1.02. The van der Waals surface area contributed by atoms with Crippen LogP contribution in [0, 0.1) is 0 Å². The minimum absolute atomic E-state index is 0.0986. The molecular weight excluding hydrogens is 279 g/mol. The first-order valence-electron chi connectivity index (χ1n) is 4.87. The monoisotopic (exact) mass is 286 g/mol. The zero-order chi connectivity index (χ0) is 13.3. The van der Waals surface area contributed by atoms with E-state index in [0.717, 1.165) is 4.68 Å². The van der Waals surface area contributed by atoms with Gasteiger partial charge in [0.25, 0.3) is 5.91 Å². The van der Waals surface area contributed by atoms with Crippen LogP contribution >= 0.6 is 23.2 Å². The van der Waals surface area contributed by atoms with Crippen molar-refractivity contribution < 1.29 is 4.79 Å². The van der Waals surface area contributed by atoms with Crippen molar-refractivity contribution >= 4 is 34.8 Å². The summed E-state index contributed by atoms with van der Waals surface area (Å²) in [5, 5.41) is 6.78. The lowest BCUT2D eigenvalue weighted by molar-refractivity contribution is 0.101. The number of aromatic amines is 1. The van der Waals surface area contributed by atoms with E-state index in [9.17, 15) is 9.59 Å². The van der Waals surface area contributed by atoms with Gasteiger partial charge in [-0.2, -0.15) is 0 Å². The Kier molecular flexibility index (Phi) is 3.40. The Morgan fingerprint density at radius 2 is 2.17 bits per heavy atom. The first-order valence-corrected chi connectivity index (χ1v) is 5.63. The Labute approximate surface area is 112 Å². The largest absolute Gasteiger partial charge is 0.343 e. The van der Waals surface area contributed by atoms with E-state index in [2.05, 4.69) is 15.4 Å². The van der Waals surface area contributed by atoms with Gasteiger partial charge in [-0.25, -0.2) is 9.48 Å². The fraction of sp³-hybridized carbons (Fsp3) is 0.100. The van der Waals surface area contributed by atoms with Crippen LogP contribution in [0.5, 0.6) is 0 Å². The van der Waals surface area contributed by atoms with E-state index in [0.29, 0.717) is 10.7 Å². The number of anilines is 1. The molecule has 1 aromatic carbocycles. The molecule has 0 atom stereocenters. The highest BCUT2D eigenvalue weighted by molar-refractivity contribution is 6.44. The maximum atomic E-state index is 11.8. The molecule has 2 rings (SSSR count). The smallest absolute Gasteiger partial charge is 0.318 e. The molecule has 0 saturated heterocycles. The highest BCUT2D eigenvalue weighted by atomic mass is 35.5. The molecule has 0 spiro atoms. The van der Waals surface area contributed by atoms with Crippen LogP contribution in [-0.2, 0) is 7.05 Å². The highest BCUT2D eigenvalue weighted by Crippen LogP contribution is 2.29. The van der Waals surface area contributed by atoms with E-state index in [1.165, 1.54) is 7.05 Å². The topological polar surface area (TPSA) is 79.8 Å². The van der Waals surface area contributed by atoms with Crippen LogP contribution in [0.1, 0.15) is 10.6 Å². The molecule has 1 amide bonds. The SMILES string of the molecule is Cn1nc(C(=O)Nc2cccc(Cl)c2Cl)[nH]c1=O. The quantitative estimate of drug-likeness (QED) is 0.881. The van der Waals surface area contributed by atoms with Gasteiger partial charge in [0.2, 0.25) is 5.82 Å². The number of nitrogens with one attached hydrogen (secondary N) is 2. The van der Waals surface area contributed by atoms with Gasteiger partial charge in [-0.3, -0.25) is 9.78 Å². The van der Waals surface area contributed by atoms with Crippen LogP contribution in [0.2, 0.25) is 10.0 Å². The summed E-state index contributed by atoms with van der Waals surface area (Å²) in [6.07, 6.45) is 0. The van der Waals surface area contributed by atoms with Crippen LogP contribution < -0.4 is 11.0 Å². The predicted molar refractivity (Wildman–Crippen MR) is 68.2 cm³/mol. The molecule has 2 aromatic rings. The summed E-state index contributed by atoms with van der Waals surface area (Å²) in [5.41, 5.74) is -0.127. The summed E-state index contributed by atoms with van der Waals surface area (Å²) in [6.45, 7) is 0. The first kappa shape index (κ1) is 12.7. The molecule has 2 N–H and O–H groups in total. The zero-order valence-corrected chi connectivity index (χ0v) is 10.7. The van der Waals surface area contributed by atoms with Crippen molar-refractivity contribution in [2.45, 2.75) is 0 Å². The Morgan fingerprint density at radius 3 is 2.78 bits per heavy atom. The van der Waals surface area contributed by atoms with Crippen molar-refractivity contribution in [2.24, 2.45) is 7.05 Å². The van der Waals surface area contributed by atoms with Gasteiger partial charge in [-0.15, -0.1) is 5.10 Å². The van der Waals surface area contributed by atoms with Crippen molar-refractivity contribution in [1.82, 2.24) is 14.8 Å². The van der Waals surface area contributed by atoms with E-state index in [1.807, 2.05) is 0 Å². The molecule has 0 aliphatic rings. The second kappa shape index (κ2) is 4.83. The van der Waals surface area contributed by atoms with Crippen LogP contribution in [0.3, 0.4) is 0 Å². The Balaban J connectivity index is 2.27. The van der Waals surface area contributed by atoms with Gasteiger partial charge in [0, 0.05) is 7.05 Å². The first-order chi connectivity index (χ1) is 8.49. The minimum atomic E-state index is -0.572. The molecule has 1 heterocycles. The normalized spacial score (nSPS) is 10.4. The number of carbonyl (C=O) groups is 1.